The number of pyridine rings is 2. The minimum Gasteiger partial charge on any atom is -0.395 e. The van der Waals surface area contributed by atoms with Crippen LogP contribution in [0.15, 0.2) is 55.0 Å². The quantitative estimate of drug-likeness (QED) is 0.570. The molecule has 4 aromatic rings. The fourth-order valence-corrected chi connectivity index (χ4v) is 3.13. The van der Waals surface area contributed by atoms with Crippen molar-refractivity contribution in [3.05, 3.63) is 66.1 Å². The maximum atomic E-state index is 8.98. The van der Waals surface area contributed by atoms with E-state index in [1.54, 1.807) is 6.20 Å². The largest absolute Gasteiger partial charge is 0.395 e. The topological polar surface area (TPSA) is 75.9 Å². The molecule has 0 atom stereocenters. The molecule has 136 valence electrons. The van der Waals surface area contributed by atoms with E-state index in [1.807, 2.05) is 31.5 Å². The van der Waals surface area contributed by atoms with E-state index in [0.29, 0.717) is 6.54 Å². The van der Waals surface area contributed by atoms with Crippen LogP contribution in [0.4, 0.5) is 5.82 Å². The maximum Gasteiger partial charge on any atom is 0.147 e. The zero-order chi connectivity index (χ0) is 18.8. The third kappa shape index (κ3) is 3.27. The van der Waals surface area contributed by atoms with Gasteiger partial charge in [0.2, 0.25) is 0 Å². The Balaban J connectivity index is 1.89. The predicted octanol–water partition coefficient (Wildman–Crippen LogP) is 3.50. The van der Waals surface area contributed by atoms with Gasteiger partial charge < -0.3 is 10.4 Å². The summed E-state index contributed by atoms with van der Waals surface area (Å²) in [6.45, 7) is 4.65. The van der Waals surface area contributed by atoms with E-state index < -0.39 is 0 Å². The molecule has 4 rings (SSSR count). The van der Waals surface area contributed by atoms with Crippen LogP contribution in [0.2, 0.25) is 0 Å². The average Bonchev–Trinajstić information content (AvgIpc) is 3.06. The van der Waals surface area contributed by atoms with Gasteiger partial charge in [0.25, 0.3) is 0 Å². The van der Waals surface area contributed by atoms with Crippen LogP contribution < -0.4 is 5.32 Å². The molecule has 27 heavy (non-hydrogen) atoms. The summed E-state index contributed by atoms with van der Waals surface area (Å²) in [5.74, 6) is 1.57. The van der Waals surface area contributed by atoms with Gasteiger partial charge in [-0.15, -0.1) is 0 Å². The zero-order valence-corrected chi connectivity index (χ0v) is 15.3. The first-order valence-corrected chi connectivity index (χ1v) is 8.88. The first kappa shape index (κ1) is 17.2. The van der Waals surface area contributed by atoms with Gasteiger partial charge in [-0.25, -0.2) is 9.97 Å². The smallest absolute Gasteiger partial charge is 0.147 e. The lowest BCUT2D eigenvalue weighted by Gasteiger charge is -2.12. The SMILES string of the molecule is Cc1ccc(-n2c(-c3cnc(NCCO)cc3C)nc3ccncc32)cc1. The van der Waals surface area contributed by atoms with Gasteiger partial charge in [0.05, 0.1) is 23.8 Å². The number of aryl methyl sites for hydroxylation is 2. The molecule has 0 spiro atoms. The number of benzene rings is 1. The van der Waals surface area contributed by atoms with Gasteiger partial charge in [-0.3, -0.25) is 9.55 Å². The van der Waals surface area contributed by atoms with Crippen molar-refractivity contribution >= 4 is 16.9 Å². The van der Waals surface area contributed by atoms with Gasteiger partial charge in [0, 0.05) is 30.2 Å². The number of nitrogens with zero attached hydrogens (tertiary/aromatic N) is 4. The highest BCUT2D eigenvalue weighted by Gasteiger charge is 2.16. The monoisotopic (exact) mass is 359 g/mol. The van der Waals surface area contributed by atoms with Crippen LogP contribution in [-0.4, -0.2) is 37.8 Å². The highest BCUT2D eigenvalue weighted by molar-refractivity contribution is 5.83. The van der Waals surface area contributed by atoms with Gasteiger partial charge >= 0.3 is 0 Å². The molecule has 0 amide bonds. The second kappa shape index (κ2) is 7.17. The van der Waals surface area contributed by atoms with Crippen LogP contribution >= 0.6 is 0 Å². The fourth-order valence-electron chi connectivity index (χ4n) is 3.13. The molecule has 6 nitrogen and oxygen atoms in total. The second-order valence-electron chi connectivity index (χ2n) is 6.51. The van der Waals surface area contributed by atoms with Crippen molar-refractivity contribution in [2.45, 2.75) is 13.8 Å². The van der Waals surface area contributed by atoms with Crippen molar-refractivity contribution in [3.8, 4) is 17.1 Å². The van der Waals surface area contributed by atoms with Crippen molar-refractivity contribution in [3.63, 3.8) is 0 Å². The number of aliphatic hydroxyl groups is 1. The molecule has 2 N–H and O–H groups in total. The van der Waals surface area contributed by atoms with E-state index in [4.69, 9.17) is 10.1 Å². The number of rotatable bonds is 5. The summed E-state index contributed by atoms with van der Waals surface area (Å²) in [6.07, 6.45) is 5.42. The molecule has 0 unspecified atom stereocenters. The summed E-state index contributed by atoms with van der Waals surface area (Å²) in [4.78, 5) is 13.6. The lowest BCUT2D eigenvalue weighted by molar-refractivity contribution is 0.311. The van der Waals surface area contributed by atoms with Gasteiger partial charge in [-0.05, 0) is 43.7 Å². The highest BCUT2D eigenvalue weighted by Crippen LogP contribution is 2.30. The average molecular weight is 359 g/mol. The van der Waals surface area contributed by atoms with E-state index in [1.165, 1.54) is 5.56 Å². The number of anilines is 1. The first-order chi connectivity index (χ1) is 13.2. The molecule has 0 saturated carbocycles. The molecule has 0 saturated heterocycles. The fraction of sp³-hybridized carbons (Fsp3) is 0.190. The Kier molecular flexibility index (Phi) is 4.56. The number of nitrogens with one attached hydrogen (secondary N) is 1. The summed E-state index contributed by atoms with van der Waals surface area (Å²) in [5, 5.41) is 12.1. The van der Waals surface area contributed by atoms with E-state index >= 15 is 0 Å². The third-order valence-corrected chi connectivity index (χ3v) is 4.52. The van der Waals surface area contributed by atoms with E-state index in [9.17, 15) is 0 Å². The Bertz CT molecular complexity index is 1090. The Morgan fingerprint density at radius 3 is 2.63 bits per heavy atom. The molecule has 3 aromatic heterocycles. The number of hydrogen-bond acceptors (Lipinski definition) is 5. The molecule has 6 heteroatoms. The third-order valence-electron chi connectivity index (χ3n) is 4.52. The normalized spacial score (nSPS) is 11.1. The molecule has 0 radical (unpaired) electrons. The van der Waals surface area contributed by atoms with Gasteiger partial charge in [0.1, 0.15) is 11.6 Å². The Labute approximate surface area is 157 Å². The number of aromatic nitrogens is 4. The molecule has 0 bridgehead atoms. The van der Waals surface area contributed by atoms with Crippen LogP contribution in [0, 0.1) is 13.8 Å². The van der Waals surface area contributed by atoms with Gasteiger partial charge in [0.15, 0.2) is 0 Å². The molecule has 0 aliphatic rings. The van der Waals surface area contributed by atoms with Crippen LogP contribution in [0.3, 0.4) is 0 Å². The van der Waals surface area contributed by atoms with E-state index in [0.717, 1.165) is 39.5 Å². The Morgan fingerprint density at radius 1 is 1.07 bits per heavy atom. The van der Waals surface area contributed by atoms with Crippen LogP contribution in [0.25, 0.3) is 28.1 Å². The summed E-state index contributed by atoms with van der Waals surface area (Å²) in [7, 11) is 0. The maximum absolute atomic E-state index is 8.98. The van der Waals surface area contributed by atoms with Crippen molar-refractivity contribution in [2.75, 3.05) is 18.5 Å². The van der Waals surface area contributed by atoms with Crippen molar-refractivity contribution in [2.24, 2.45) is 0 Å². The van der Waals surface area contributed by atoms with Crippen molar-refractivity contribution < 1.29 is 5.11 Å². The predicted molar refractivity (Wildman–Crippen MR) is 107 cm³/mol. The second-order valence-corrected chi connectivity index (χ2v) is 6.51. The van der Waals surface area contributed by atoms with E-state index in [2.05, 4.69) is 51.0 Å². The van der Waals surface area contributed by atoms with E-state index in [-0.39, 0.29) is 6.61 Å². The van der Waals surface area contributed by atoms with Crippen LogP contribution in [-0.2, 0) is 0 Å². The molecule has 3 heterocycles. The Hall–Kier alpha value is -3.25. The molecule has 0 aliphatic carbocycles. The molecular weight excluding hydrogens is 338 g/mol. The molecule has 1 aromatic carbocycles. The van der Waals surface area contributed by atoms with Gasteiger partial charge in [-0.2, -0.15) is 0 Å². The summed E-state index contributed by atoms with van der Waals surface area (Å²) in [6, 6.07) is 12.3. The standard InChI is InChI=1S/C21H21N5O/c1-14-3-5-16(6-4-14)26-19-13-22-8-7-18(19)25-21(26)17-12-24-20(11-15(17)2)23-9-10-27/h3-8,11-13,27H,9-10H2,1-2H3,(H,23,24). The number of imidazole rings is 1. The molecular formula is C21H21N5O. The van der Waals surface area contributed by atoms with Crippen molar-refractivity contribution in [1.29, 1.82) is 0 Å². The summed E-state index contributed by atoms with van der Waals surface area (Å²) < 4.78 is 2.12. The lowest BCUT2D eigenvalue weighted by atomic mass is 10.1. The summed E-state index contributed by atoms with van der Waals surface area (Å²) in [5.41, 5.74) is 6.11. The number of hydrogen-bond donors (Lipinski definition) is 2. The zero-order valence-electron chi connectivity index (χ0n) is 15.3. The number of fused-ring (bicyclic) bond motifs is 1. The van der Waals surface area contributed by atoms with Gasteiger partial charge in [-0.1, -0.05) is 17.7 Å². The van der Waals surface area contributed by atoms with Crippen LogP contribution in [0.1, 0.15) is 11.1 Å². The molecule has 0 fully saturated rings. The summed E-state index contributed by atoms with van der Waals surface area (Å²) >= 11 is 0. The minimum absolute atomic E-state index is 0.0682. The minimum atomic E-state index is 0.0682. The first-order valence-electron chi connectivity index (χ1n) is 8.88. The number of aliphatic hydroxyl groups excluding tert-OH is 1. The van der Waals surface area contributed by atoms with Crippen LogP contribution in [0.5, 0.6) is 0 Å². The highest BCUT2D eigenvalue weighted by atomic mass is 16.3. The van der Waals surface area contributed by atoms with Crippen molar-refractivity contribution in [1.82, 2.24) is 19.5 Å². The molecule has 0 aliphatic heterocycles. The lowest BCUT2D eigenvalue weighted by Crippen LogP contribution is -2.07. The Morgan fingerprint density at radius 2 is 1.89 bits per heavy atom.